The van der Waals surface area contributed by atoms with E-state index in [0.717, 1.165) is 22.9 Å². The molecule has 0 radical (unpaired) electrons. The Balaban J connectivity index is 2.15. The fourth-order valence-corrected chi connectivity index (χ4v) is 3.92. The van der Waals surface area contributed by atoms with E-state index in [2.05, 4.69) is 31.3 Å². The van der Waals surface area contributed by atoms with Crippen molar-refractivity contribution in [2.24, 2.45) is 5.92 Å². The first kappa shape index (κ1) is 25.0. The van der Waals surface area contributed by atoms with E-state index in [1.807, 2.05) is 26.8 Å². The molecule has 2 rings (SSSR count). The fraction of sp³-hybridized carbons (Fsp3) is 0.458. The zero-order valence-electron chi connectivity index (χ0n) is 19.6. The number of esters is 1. The number of nitrogens with one attached hydrogen (secondary N) is 1. The molecular formula is C24H32N2O6. The summed E-state index contributed by atoms with van der Waals surface area (Å²) in [5.41, 5.74) is 2.83. The molecule has 174 valence electrons. The molecule has 8 heteroatoms. The molecule has 2 aromatic rings. The second-order valence-electron chi connectivity index (χ2n) is 8.37. The van der Waals surface area contributed by atoms with E-state index < -0.39 is 35.5 Å². The first-order valence-electron chi connectivity index (χ1n) is 10.6. The van der Waals surface area contributed by atoms with Gasteiger partial charge < -0.3 is 25.1 Å². The molecule has 0 unspecified atom stereocenters. The average molecular weight is 445 g/mol. The highest BCUT2D eigenvalue weighted by molar-refractivity contribution is 5.96. The second kappa shape index (κ2) is 10.3. The molecule has 1 aromatic heterocycles. The third-order valence-corrected chi connectivity index (χ3v) is 5.49. The molecule has 0 spiro atoms. The van der Waals surface area contributed by atoms with Gasteiger partial charge in [0.05, 0.1) is 7.11 Å². The molecular weight excluding hydrogens is 412 g/mol. The summed E-state index contributed by atoms with van der Waals surface area (Å²) in [6.45, 7) is 11.5. The van der Waals surface area contributed by atoms with E-state index >= 15 is 0 Å². The highest BCUT2D eigenvalue weighted by Gasteiger charge is 2.31. The van der Waals surface area contributed by atoms with Gasteiger partial charge in [0.2, 0.25) is 5.75 Å². The Labute approximate surface area is 188 Å². The number of rotatable bonds is 8. The lowest BCUT2D eigenvalue weighted by atomic mass is 9.82. The van der Waals surface area contributed by atoms with Crippen LogP contribution in [0.5, 0.6) is 11.5 Å². The van der Waals surface area contributed by atoms with Gasteiger partial charge in [-0.3, -0.25) is 4.79 Å². The van der Waals surface area contributed by atoms with Gasteiger partial charge in [-0.25, -0.2) is 4.79 Å². The number of amides is 1. The molecule has 0 aliphatic heterocycles. The third kappa shape index (κ3) is 5.49. The van der Waals surface area contributed by atoms with Crippen LogP contribution < -0.4 is 14.8 Å². The molecule has 32 heavy (non-hydrogen) atoms. The van der Waals surface area contributed by atoms with Gasteiger partial charge in [0, 0.05) is 12.0 Å². The molecule has 0 saturated carbocycles. The summed E-state index contributed by atoms with van der Waals surface area (Å²) in [5, 5.41) is 24.5. The monoisotopic (exact) mass is 444 g/mol. The maximum absolute atomic E-state index is 12.7. The standard InChI is InChI=1S/C24H32N2O6/c1-13(2)20(18-9-8-14(3)12-15(18)4)17(6)32-24(29)16(5)25-23(28)21-22(27)19(31-7)10-11-26(21)30/h8-13,16-17,20,27H,1-7H3,(H,25,28)/t16-,17-,20-/m0/s1. The first-order valence-corrected chi connectivity index (χ1v) is 10.6. The molecule has 0 bridgehead atoms. The van der Waals surface area contributed by atoms with Crippen LogP contribution in [0.25, 0.3) is 0 Å². The zero-order chi connectivity index (χ0) is 24.2. The summed E-state index contributed by atoms with van der Waals surface area (Å²) in [6, 6.07) is 6.39. The van der Waals surface area contributed by atoms with E-state index in [1.165, 1.54) is 20.1 Å². The number of carbonyl (C=O) groups excluding carboxylic acids is 2. The topological polar surface area (TPSA) is 112 Å². The van der Waals surface area contributed by atoms with Gasteiger partial charge in [0.1, 0.15) is 12.1 Å². The number of nitrogens with zero attached hydrogens (tertiary/aromatic N) is 1. The Morgan fingerprint density at radius 2 is 1.78 bits per heavy atom. The van der Waals surface area contributed by atoms with Crippen molar-refractivity contribution in [2.45, 2.75) is 59.6 Å². The van der Waals surface area contributed by atoms with Crippen LogP contribution in [0.15, 0.2) is 30.5 Å². The molecule has 8 nitrogen and oxygen atoms in total. The summed E-state index contributed by atoms with van der Waals surface area (Å²) < 4.78 is 10.8. The van der Waals surface area contributed by atoms with Crippen LogP contribution in [0.2, 0.25) is 0 Å². The second-order valence-corrected chi connectivity index (χ2v) is 8.37. The van der Waals surface area contributed by atoms with Crippen LogP contribution in [0.3, 0.4) is 0 Å². The van der Waals surface area contributed by atoms with Crippen LogP contribution in [-0.4, -0.2) is 36.2 Å². The molecule has 0 aliphatic rings. The number of pyridine rings is 1. The van der Waals surface area contributed by atoms with E-state index in [4.69, 9.17) is 9.47 Å². The van der Waals surface area contributed by atoms with Crippen LogP contribution in [-0.2, 0) is 9.53 Å². The highest BCUT2D eigenvalue weighted by Crippen LogP contribution is 2.32. The largest absolute Gasteiger partial charge is 0.618 e. The third-order valence-electron chi connectivity index (χ3n) is 5.49. The molecule has 1 aromatic carbocycles. The summed E-state index contributed by atoms with van der Waals surface area (Å²) in [7, 11) is 1.30. The molecule has 0 aliphatic carbocycles. The van der Waals surface area contributed by atoms with E-state index in [9.17, 15) is 19.9 Å². The lowest BCUT2D eigenvalue weighted by molar-refractivity contribution is -0.608. The van der Waals surface area contributed by atoms with Crippen LogP contribution >= 0.6 is 0 Å². The predicted molar refractivity (Wildman–Crippen MR) is 120 cm³/mol. The number of hydrogen-bond donors (Lipinski definition) is 2. The number of benzene rings is 1. The summed E-state index contributed by atoms with van der Waals surface area (Å²) in [4.78, 5) is 25.2. The van der Waals surface area contributed by atoms with Crippen molar-refractivity contribution in [3.8, 4) is 11.5 Å². The van der Waals surface area contributed by atoms with E-state index in [1.54, 1.807) is 0 Å². The van der Waals surface area contributed by atoms with Gasteiger partial charge in [-0.05, 0) is 44.7 Å². The molecule has 3 atom stereocenters. The Morgan fingerprint density at radius 1 is 1.12 bits per heavy atom. The van der Waals surface area contributed by atoms with E-state index in [0.29, 0.717) is 0 Å². The first-order chi connectivity index (χ1) is 15.0. The van der Waals surface area contributed by atoms with Crippen molar-refractivity contribution < 1.29 is 28.9 Å². The molecule has 0 fully saturated rings. The molecule has 2 N–H and O–H groups in total. The fourth-order valence-electron chi connectivity index (χ4n) is 3.92. The molecule has 1 amide bonds. The van der Waals surface area contributed by atoms with Gasteiger partial charge in [-0.15, -0.1) is 0 Å². The highest BCUT2D eigenvalue weighted by atomic mass is 16.5. The van der Waals surface area contributed by atoms with E-state index in [-0.39, 0.29) is 22.3 Å². The van der Waals surface area contributed by atoms with Crippen molar-refractivity contribution in [1.82, 2.24) is 5.32 Å². The number of aromatic nitrogens is 1. The quantitative estimate of drug-likeness (QED) is 0.368. The molecule has 1 heterocycles. The van der Waals surface area contributed by atoms with Crippen LogP contribution in [0.1, 0.15) is 60.8 Å². The molecule has 0 saturated heterocycles. The minimum absolute atomic E-state index is 0.0284. The van der Waals surface area contributed by atoms with Crippen molar-refractivity contribution in [3.63, 3.8) is 0 Å². The number of methoxy groups -OCH3 is 1. The van der Waals surface area contributed by atoms with Crippen LogP contribution in [0.4, 0.5) is 0 Å². The Bertz CT molecular complexity index is 989. The maximum Gasteiger partial charge on any atom is 0.328 e. The van der Waals surface area contributed by atoms with Gasteiger partial charge in [0.15, 0.2) is 11.9 Å². The van der Waals surface area contributed by atoms with Gasteiger partial charge in [-0.2, -0.15) is 4.73 Å². The Morgan fingerprint density at radius 3 is 2.34 bits per heavy atom. The number of aromatic hydroxyl groups is 1. The van der Waals surface area contributed by atoms with Crippen molar-refractivity contribution in [3.05, 3.63) is 58.1 Å². The Kier molecular flexibility index (Phi) is 8.08. The summed E-state index contributed by atoms with van der Waals surface area (Å²) >= 11 is 0. The number of carbonyl (C=O) groups is 2. The predicted octanol–water partition coefficient (Wildman–Crippen LogP) is 3.14. The summed E-state index contributed by atoms with van der Waals surface area (Å²) in [6.07, 6.45) is 0.591. The minimum atomic E-state index is -1.04. The smallest absolute Gasteiger partial charge is 0.328 e. The van der Waals surface area contributed by atoms with Gasteiger partial charge in [0.25, 0.3) is 0 Å². The summed E-state index contributed by atoms with van der Waals surface area (Å²) in [5.74, 6) is -2.01. The normalized spacial score (nSPS) is 13.9. The lowest BCUT2D eigenvalue weighted by Gasteiger charge is -2.30. The SMILES string of the molecule is COc1cc[n+]([O-])c(C(=O)N[C@@H](C)C(=O)O[C@@H](C)[C@@H](c2ccc(C)cc2C)C(C)C)c1O. The van der Waals surface area contributed by atoms with Crippen molar-refractivity contribution in [1.29, 1.82) is 0 Å². The van der Waals surface area contributed by atoms with Crippen molar-refractivity contribution in [2.75, 3.05) is 7.11 Å². The van der Waals surface area contributed by atoms with Crippen LogP contribution in [0, 0.1) is 25.0 Å². The maximum atomic E-state index is 12.7. The number of hydrogen-bond acceptors (Lipinski definition) is 6. The number of aryl methyl sites for hydroxylation is 2. The minimum Gasteiger partial charge on any atom is -0.618 e. The van der Waals surface area contributed by atoms with Crippen molar-refractivity contribution >= 4 is 11.9 Å². The average Bonchev–Trinajstić information content (AvgIpc) is 2.69. The van der Waals surface area contributed by atoms with Gasteiger partial charge in [-0.1, -0.05) is 37.6 Å². The Hall–Kier alpha value is -3.29. The zero-order valence-corrected chi connectivity index (χ0v) is 19.6. The van der Waals surface area contributed by atoms with Gasteiger partial charge >= 0.3 is 17.6 Å². The lowest BCUT2D eigenvalue weighted by Crippen LogP contribution is -2.46. The number of ether oxygens (including phenoxy) is 2.